The molecule has 2 amide bonds. The lowest BCUT2D eigenvalue weighted by atomic mass is 9.84. The summed E-state index contributed by atoms with van der Waals surface area (Å²) in [5.41, 5.74) is 5.41. The van der Waals surface area contributed by atoms with Crippen LogP contribution < -0.4 is 11.1 Å². The molecular weight excluding hydrogens is 454 g/mol. The minimum Gasteiger partial charge on any atom is -0.380 e. The van der Waals surface area contributed by atoms with Gasteiger partial charge in [-0.05, 0) is 64.4 Å². The van der Waals surface area contributed by atoms with Gasteiger partial charge in [-0.2, -0.15) is 0 Å². The van der Waals surface area contributed by atoms with E-state index in [1.165, 1.54) is 32.6 Å². The quantitative estimate of drug-likeness (QED) is 0.391. The van der Waals surface area contributed by atoms with E-state index in [-0.39, 0.29) is 41.7 Å². The molecule has 0 aromatic heterocycles. The van der Waals surface area contributed by atoms with Crippen LogP contribution in [-0.2, 0) is 19.1 Å². The maximum absolute atomic E-state index is 13.7. The van der Waals surface area contributed by atoms with E-state index in [2.05, 4.69) is 58.8 Å². The Morgan fingerprint density at radius 3 is 2.03 bits per heavy atom. The number of ether oxygens (including phenoxy) is 1. The van der Waals surface area contributed by atoms with Crippen LogP contribution in [0.2, 0.25) is 0 Å². The van der Waals surface area contributed by atoms with Crippen molar-refractivity contribution in [2.75, 3.05) is 13.1 Å². The molecule has 2 unspecified atom stereocenters. The summed E-state index contributed by atoms with van der Waals surface area (Å²) in [6, 6.07) is -0.0835. The van der Waals surface area contributed by atoms with Gasteiger partial charge >= 0.3 is 0 Å². The molecule has 1 saturated heterocycles. The van der Waals surface area contributed by atoms with Gasteiger partial charge in [0.15, 0.2) is 5.78 Å². The molecule has 2 rings (SSSR count). The Morgan fingerprint density at radius 2 is 1.56 bits per heavy atom. The lowest BCUT2D eigenvalue weighted by Gasteiger charge is -2.39. The first-order chi connectivity index (χ1) is 16.8. The standard InChI is InChI=1S/C24H40N2O3.C3H8.C2H5NO/c1-7-24(5,6)29-22(19-12-9-8-10-13-19)23(28)26-15-11-14-20(26)18(4)25-16-21(27)17(2)3;1-3-2;1-2(3)4/h19-20,22,25H,2,4,7-16H2,1,3,5-6H3;3H2,1-2H3;1H3,(H2,3,4). The molecule has 2 atom stereocenters. The van der Waals surface area contributed by atoms with Gasteiger partial charge in [-0.25, -0.2) is 0 Å². The molecule has 0 aromatic rings. The highest BCUT2D eigenvalue weighted by Crippen LogP contribution is 2.34. The minimum atomic E-state index is -0.393. The van der Waals surface area contributed by atoms with E-state index in [1.54, 1.807) is 6.92 Å². The maximum Gasteiger partial charge on any atom is 0.252 e. The van der Waals surface area contributed by atoms with Crippen molar-refractivity contribution in [2.24, 2.45) is 11.7 Å². The summed E-state index contributed by atoms with van der Waals surface area (Å²) in [5, 5.41) is 3.13. The predicted octanol–water partition coefficient (Wildman–Crippen LogP) is 5.29. The number of primary amides is 1. The van der Waals surface area contributed by atoms with Gasteiger partial charge in [-0.3, -0.25) is 14.4 Å². The number of hydrogen-bond donors (Lipinski definition) is 2. The molecule has 0 spiro atoms. The van der Waals surface area contributed by atoms with Crippen LogP contribution in [0.3, 0.4) is 0 Å². The van der Waals surface area contributed by atoms with Crippen LogP contribution in [0.1, 0.15) is 106 Å². The fourth-order valence-electron chi connectivity index (χ4n) is 4.23. The first kappa shape index (κ1) is 33.8. The third kappa shape index (κ3) is 12.7. The number of likely N-dealkylation sites (tertiary alicyclic amines) is 1. The molecule has 1 heterocycles. The molecule has 7 heteroatoms. The van der Waals surface area contributed by atoms with Crippen molar-refractivity contribution in [3.05, 3.63) is 24.4 Å². The molecule has 36 heavy (non-hydrogen) atoms. The van der Waals surface area contributed by atoms with Crippen molar-refractivity contribution in [2.45, 2.75) is 124 Å². The average Bonchev–Trinajstić information content (AvgIpc) is 3.31. The Morgan fingerprint density at radius 1 is 1.03 bits per heavy atom. The molecule has 0 aromatic carbocycles. The second-order valence-electron chi connectivity index (χ2n) is 10.6. The van der Waals surface area contributed by atoms with Crippen LogP contribution in [0, 0.1) is 5.92 Å². The zero-order chi connectivity index (χ0) is 27.9. The third-order valence-electron chi connectivity index (χ3n) is 6.51. The summed E-state index contributed by atoms with van der Waals surface area (Å²) >= 11 is 0. The highest BCUT2D eigenvalue weighted by Gasteiger charge is 2.41. The van der Waals surface area contributed by atoms with E-state index in [4.69, 9.17) is 4.74 Å². The van der Waals surface area contributed by atoms with Crippen LogP contribution in [0.15, 0.2) is 24.4 Å². The summed E-state index contributed by atoms with van der Waals surface area (Å²) in [5.74, 6) is 0.0137. The van der Waals surface area contributed by atoms with Crippen molar-refractivity contribution in [3.8, 4) is 0 Å². The predicted molar refractivity (Wildman–Crippen MR) is 148 cm³/mol. The van der Waals surface area contributed by atoms with E-state index in [1.807, 2.05) is 4.90 Å². The van der Waals surface area contributed by atoms with Gasteiger partial charge in [0.05, 0.1) is 18.2 Å². The summed E-state index contributed by atoms with van der Waals surface area (Å²) in [4.78, 5) is 36.7. The lowest BCUT2D eigenvalue weighted by molar-refractivity contribution is -0.163. The fraction of sp³-hybridized carbons (Fsp3) is 0.759. The summed E-state index contributed by atoms with van der Waals surface area (Å²) < 4.78 is 6.45. The Kier molecular flexibility index (Phi) is 16.3. The number of nitrogens with zero attached hydrogens (tertiary/aromatic N) is 1. The topological polar surface area (TPSA) is 102 Å². The lowest BCUT2D eigenvalue weighted by Crippen LogP contribution is -2.50. The molecule has 2 fully saturated rings. The van der Waals surface area contributed by atoms with Crippen molar-refractivity contribution in [1.82, 2.24) is 10.2 Å². The first-order valence-corrected chi connectivity index (χ1v) is 13.7. The zero-order valence-electron chi connectivity index (χ0n) is 24.1. The van der Waals surface area contributed by atoms with Gasteiger partial charge < -0.3 is 20.7 Å². The largest absolute Gasteiger partial charge is 0.380 e. The van der Waals surface area contributed by atoms with E-state index < -0.39 is 6.10 Å². The Bertz CT molecular complexity index is 722. The summed E-state index contributed by atoms with van der Waals surface area (Å²) in [7, 11) is 0. The number of carbonyl (C=O) groups excluding carboxylic acids is 3. The van der Waals surface area contributed by atoms with Gasteiger partial charge in [-0.15, -0.1) is 0 Å². The normalized spacial score (nSPS) is 18.6. The number of nitrogens with two attached hydrogens (primary N) is 1. The minimum absolute atomic E-state index is 0.0323. The third-order valence-corrected chi connectivity index (χ3v) is 6.51. The van der Waals surface area contributed by atoms with Crippen molar-refractivity contribution < 1.29 is 19.1 Å². The molecular formula is C29H53N3O4. The number of amides is 2. The molecule has 3 N–H and O–H groups in total. The van der Waals surface area contributed by atoms with Gasteiger partial charge in [-0.1, -0.05) is 59.6 Å². The molecule has 7 nitrogen and oxygen atoms in total. The number of ketones is 1. The van der Waals surface area contributed by atoms with Crippen LogP contribution in [0.5, 0.6) is 0 Å². The number of carbonyl (C=O) groups is 3. The monoisotopic (exact) mass is 507 g/mol. The molecule has 1 aliphatic carbocycles. The molecule has 1 aliphatic heterocycles. The molecule has 1 saturated carbocycles. The van der Waals surface area contributed by atoms with Gasteiger partial charge in [0.25, 0.3) is 5.91 Å². The zero-order valence-corrected chi connectivity index (χ0v) is 24.1. The Hall–Kier alpha value is -2.15. The molecule has 0 radical (unpaired) electrons. The second kappa shape index (κ2) is 17.3. The fourth-order valence-corrected chi connectivity index (χ4v) is 4.23. The highest BCUT2D eigenvalue weighted by molar-refractivity contribution is 5.95. The van der Waals surface area contributed by atoms with Gasteiger partial charge in [0.1, 0.15) is 6.10 Å². The smallest absolute Gasteiger partial charge is 0.252 e. The van der Waals surface area contributed by atoms with Crippen LogP contribution in [0.4, 0.5) is 0 Å². The first-order valence-electron chi connectivity index (χ1n) is 13.7. The SMILES string of the molecule is C=C(C)C(=O)CNC(=C)C1CCCN1C(=O)C(OC(C)(C)CC)C1CCCCC1.CC(N)=O.CCC. The summed E-state index contributed by atoms with van der Waals surface area (Å²) in [6.45, 7) is 22.2. The number of nitrogens with one attached hydrogen (secondary N) is 1. The number of hydrogen-bond acceptors (Lipinski definition) is 5. The van der Waals surface area contributed by atoms with E-state index >= 15 is 0 Å². The summed E-state index contributed by atoms with van der Waals surface area (Å²) in [6.07, 6.45) is 9.24. The van der Waals surface area contributed by atoms with Crippen molar-refractivity contribution in [1.29, 1.82) is 0 Å². The Balaban J connectivity index is 0.00000155. The Labute approximate surface area is 220 Å². The van der Waals surface area contributed by atoms with Gasteiger partial charge in [0, 0.05) is 19.2 Å². The molecule has 0 bridgehead atoms. The van der Waals surface area contributed by atoms with E-state index in [9.17, 15) is 14.4 Å². The number of Topliss-reactive ketones (excluding diaryl/α,β-unsaturated/α-hetero) is 1. The van der Waals surface area contributed by atoms with Crippen LogP contribution in [0.25, 0.3) is 0 Å². The molecule has 2 aliphatic rings. The van der Waals surface area contributed by atoms with Gasteiger partial charge in [0.2, 0.25) is 5.91 Å². The highest BCUT2D eigenvalue weighted by atomic mass is 16.5. The van der Waals surface area contributed by atoms with Crippen LogP contribution >= 0.6 is 0 Å². The van der Waals surface area contributed by atoms with E-state index in [0.717, 1.165) is 44.3 Å². The second-order valence-corrected chi connectivity index (χ2v) is 10.6. The average molecular weight is 508 g/mol. The van der Waals surface area contributed by atoms with Crippen molar-refractivity contribution >= 4 is 17.6 Å². The number of rotatable bonds is 10. The molecule has 208 valence electrons. The van der Waals surface area contributed by atoms with Crippen molar-refractivity contribution in [3.63, 3.8) is 0 Å². The van der Waals surface area contributed by atoms with Crippen LogP contribution in [-0.4, -0.2) is 53.3 Å². The van der Waals surface area contributed by atoms with E-state index in [0.29, 0.717) is 5.57 Å². The maximum atomic E-state index is 13.7.